The molecule has 6 aromatic carbocycles. The number of imidazole rings is 1. The molecule has 0 amide bonds. The monoisotopic (exact) mass is 563 g/mol. The van der Waals surface area contributed by atoms with E-state index in [1.165, 1.54) is 21.9 Å². The van der Waals surface area contributed by atoms with Crippen molar-refractivity contribution in [1.29, 1.82) is 0 Å². The van der Waals surface area contributed by atoms with Gasteiger partial charge in [-0.1, -0.05) is 72.8 Å². The van der Waals surface area contributed by atoms with E-state index >= 15 is 0 Å². The van der Waals surface area contributed by atoms with Crippen LogP contribution in [0.25, 0.3) is 61.3 Å². The lowest BCUT2D eigenvalue weighted by Gasteiger charge is -2.32. The first-order chi connectivity index (χ1) is 21.8. The Kier molecular flexibility index (Phi) is 5.43. The highest BCUT2D eigenvalue weighted by atomic mass is 15.2. The SMILES string of the molecule is c1ccc(-c2cc3c4c(cccc4c2)N(c2ccc(-c4nc5ccccc5n4-c4ccccc4)cc2)c2cncnc2-3)cc1. The summed E-state index contributed by atoms with van der Waals surface area (Å²) in [4.78, 5) is 16.6. The third-order valence-electron chi connectivity index (χ3n) is 8.45. The molecule has 9 rings (SSSR count). The number of aromatic nitrogens is 4. The van der Waals surface area contributed by atoms with Crippen molar-refractivity contribution in [1.82, 2.24) is 19.5 Å². The van der Waals surface area contributed by atoms with Gasteiger partial charge in [-0.2, -0.15) is 0 Å². The molecule has 0 unspecified atom stereocenters. The fourth-order valence-electron chi connectivity index (χ4n) is 6.50. The first kappa shape index (κ1) is 24.5. The number of benzene rings is 6. The molecule has 2 aromatic heterocycles. The lowest BCUT2D eigenvalue weighted by Crippen LogP contribution is -2.16. The van der Waals surface area contributed by atoms with E-state index in [-0.39, 0.29) is 0 Å². The Balaban J connectivity index is 1.20. The number of para-hydroxylation sites is 3. The number of rotatable bonds is 4. The largest absolute Gasteiger partial charge is 0.306 e. The minimum atomic E-state index is 0.909. The summed E-state index contributed by atoms with van der Waals surface area (Å²) in [6.07, 6.45) is 3.56. The smallest absolute Gasteiger partial charge is 0.145 e. The Morgan fingerprint density at radius 1 is 0.545 bits per heavy atom. The van der Waals surface area contributed by atoms with Crippen molar-refractivity contribution in [3.8, 4) is 39.5 Å². The van der Waals surface area contributed by atoms with Crippen molar-refractivity contribution in [2.75, 3.05) is 4.90 Å². The van der Waals surface area contributed by atoms with E-state index < -0.39 is 0 Å². The second-order valence-corrected chi connectivity index (χ2v) is 11.0. The van der Waals surface area contributed by atoms with E-state index in [9.17, 15) is 0 Å². The molecule has 0 aliphatic carbocycles. The van der Waals surface area contributed by atoms with Gasteiger partial charge in [0.1, 0.15) is 12.2 Å². The van der Waals surface area contributed by atoms with E-state index in [2.05, 4.69) is 142 Å². The Hall–Kier alpha value is -6.07. The van der Waals surface area contributed by atoms with Crippen molar-refractivity contribution in [3.05, 3.63) is 152 Å². The number of anilines is 3. The molecule has 3 heterocycles. The molecule has 0 fully saturated rings. The Morgan fingerprint density at radius 3 is 2.16 bits per heavy atom. The maximum absolute atomic E-state index is 5.06. The van der Waals surface area contributed by atoms with Crippen LogP contribution in [-0.2, 0) is 0 Å². The van der Waals surface area contributed by atoms with Crippen LogP contribution in [0.1, 0.15) is 0 Å². The van der Waals surface area contributed by atoms with Crippen LogP contribution in [0.2, 0.25) is 0 Å². The minimum absolute atomic E-state index is 0.909. The zero-order chi connectivity index (χ0) is 29.0. The lowest BCUT2D eigenvalue weighted by atomic mass is 9.90. The van der Waals surface area contributed by atoms with Crippen LogP contribution in [0, 0.1) is 0 Å². The molecule has 0 spiro atoms. The van der Waals surface area contributed by atoms with Crippen molar-refractivity contribution in [3.63, 3.8) is 0 Å². The second-order valence-electron chi connectivity index (χ2n) is 11.0. The zero-order valence-electron chi connectivity index (χ0n) is 23.7. The van der Waals surface area contributed by atoms with Gasteiger partial charge >= 0.3 is 0 Å². The van der Waals surface area contributed by atoms with Crippen LogP contribution in [-0.4, -0.2) is 19.5 Å². The predicted octanol–water partition coefficient (Wildman–Crippen LogP) is 9.75. The molecule has 0 bridgehead atoms. The molecular formula is C39H25N5. The van der Waals surface area contributed by atoms with E-state index in [1.807, 2.05) is 18.3 Å². The zero-order valence-corrected chi connectivity index (χ0v) is 23.7. The molecular weight excluding hydrogens is 538 g/mol. The summed E-state index contributed by atoms with van der Waals surface area (Å²) in [6, 6.07) is 48.9. The first-order valence-corrected chi connectivity index (χ1v) is 14.7. The van der Waals surface area contributed by atoms with Crippen molar-refractivity contribution in [2.24, 2.45) is 0 Å². The van der Waals surface area contributed by atoms with Crippen LogP contribution in [0.15, 0.2) is 152 Å². The van der Waals surface area contributed by atoms with E-state index in [4.69, 9.17) is 9.97 Å². The van der Waals surface area contributed by atoms with Gasteiger partial charge < -0.3 is 4.90 Å². The molecule has 5 heteroatoms. The molecule has 206 valence electrons. The highest BCUT2D eigenvalue weighted by Crippen LogP contribution is 2.50. The Morgan fingerprint density at radius 2 is 1.32 bits per heavy atom. The third-order valence-corrected chi connectivity index (χ3v) is 8.45. The number of fused-ring (bicyclic) bond motifs is 3. The van der Waals surface area contributed by atoms with Gasteiger partial charge in [-0.3, -0.25) is 4.57 Å². The average Bonchev–Trinajstić information content (AvgIpc) is 3.49. The molecule has 0 saturated carbocycles. The summed E-state index contributed by atoms with van der Waals surface area (Å²) in [5.74, 6) is 0.909. The standard InChI is InChI=1S/C39H25N5/c1-3-10-26(11-4-1)29-22-28-12-9-17-35-37(28)32(23-29)38-36(24-40-25-41-38)43(35)31-20-18-27(19-21-31)39-42-33-15-7-8-16-34(33)44(39)30-13-5-2-6-14-30/h1-25H. The molecule has 0 N–H and O–H groups in total. The van der Waals surface area contributed by atoms with Gasteiger partial charge in [0, 0.05) is 27.9 Å². The molecule has 8 aromatic rings. The first-order valence-electron chi connectivity index (χ1n) is 14.7. The fraction of sp³-hybridized carbons (Fsp3) is 0. The second kappa shape index (κ2) is 9.75. The Labute approximate surface area is 254 Å². The summed E-state index contributed by atoms with van der Waals surface area (Å²) in [5.41, 5.74) is 11.7. The van der Waals surface area contributed by atoms with E-state index in [1.54, 1.807) is 6.33 Å². The van der Waals surface area contributed by atoms with Crippen LogP contribution >= 0.6 is 0 Å². The molecule has 0 saturated heterocycles. The average molecular weight is 564 g/mol. The van der Waals surface area contributed by atoms with Crippen molar-refractivity contribution >= 4 is 38.9 Å². The van der Waals surface area contributed by atoms with Crippen LogP contribution in [0.3, 0.4) is 0 Å². The third kappa shape index (κ3) is 3.76. The number of hydrogen-bond donors (Lipinski definition) is 0. The van der Waals surface area contributed by atoms with Crippen LogP contribution in [0.5, 0.6) is 0 Å². The summed E-state index contributed by atoms with van der Waals surface area (Å²) < 4.78 is 2.23. The Bertz CT molecular complexity index is 2320. The quantitative estimate of drug-likeness (QED) is 0.214. The summed E-state index contributed by atoms with van der Waals surface area (Å²) in [5, 5.41) is 2.37. The van der Waals surface area contributed by atoms with E-state index in [0.29, 0.717) is 0 Å². The molecule has 1 aliphatic rings. The van der Waals surface area contributed by atoms with Gasteiger partial charge in [0.15, 0.2) is 0 Å². The van der Waals surface area contributed by atoms with Gasteiger partial charge in [0.2, 0.25) is 0 Å². The predicted molar refractivity (Wildman–Crippen MR) is 179 cm³/mol. The minimum Gasteiger partial charge on any atom is -0.306 e. The van der Waals surface area contributed by atoms with E-state index in [0.717, 1.165) is 56.4 Å². The van der Waals surface area contributed by atoms with Crippen molar-refractivity contribution < 1.29 is 0 Å². The van der Waals surface area contributed by atoms with Gasteiger partial charge in [0.05, 0.1) is 34.3 Å². The lowest BCUT2D eigenvalue weighted by molar-refractivity contribution is 1.10. The number of nitrogens with zero attached hydrogens (tertiary/aromatic N) is 5. The molecule has 1 aliphatic heterocycles. The molecule has 44 heavy (non-hydrogen) atoms. The van der Waals surface area contributed by atoms with Crippen LogP contribution in [0.4, 0.5) is 17.1 Å². The van der Waals surface area contributed by atoms with Gasteiger partial charge in [-0.15, -0.1) is 0 Å². The maximum atomic E-state index is 5.06. The van der Waals surface area contributed by atoms with Crippen molar-refractivity contribution in [2.45, 2.75) is 0 Å². The molecule has 0 radical (unpaired) electrons. The molecule has 0 atom stereocenters. The summed E-state index contributed by atoms with van der Waals surface area (Å²) >= 11 is 0. The topological polar surface area (TPSA) is 46.8 Å². The summed E-state index contributed by atoms with van der Waals surface area (Å²) in [6.45, 7) is 0. The highest BCUT2D eigenvalue weighted by Gasteiger charge is 2.28. The number of hydrogen-bond acceptors (Lipinski definition) is 4. The van der Waals surface area contributed by atoms with Crippen LogP contribution < -0.4 is 4.90 Å². The maximum Gasteiger partial charge on any atom is 0.145 e. The van der Waals surface area contributed by atoms with Gasteiger partial charge in [0.25, 0.3) is 0 Å². The highest BCUT2D eigenvalue weighted by molar-refractivity contribution is 6.14. The molecule has 5 nitrogen and oxygen atoms in total. The van der Waals surface area contributed by atoms with Gasteiger partial charge in [-0.05, 0) is 83.2 Å². The fourth-order valence-corrected chi connectivity index (χ4v) is 6.50. The van der Waals surface area contributed by atoms with Gasteiger partial charge in [-0.25, -0.2) is 15.0 Å². The normalized spacial score (nSPS) is 12.0. The summed E-state index contributed by atoms with van der Waals surface area (Å²) in [7, 11) is 0.